The molecule has 0 radical (unpaired) electrons. The molecule has 0 aliphatic carbocycles. The molecule has 6 nitrogen and oxygen atoms in total. The topological polar surface area (TPSA) is 67.5 Å². The van der Waals surface area contributed by atoms with E-state index in [9.17, 15) is 4.79 Å². The van der Waals surface area contributed by atoms with Gasteiger partial charge in [0.25, 0.3) is 0 Å². The highest BCUT2D eigenvalue weighted by Gasteiger charge is 2.31. The second-order valence-corrected chi connectivity index (χ2v) is 7.05. The Balaban J connectivity index is 1.34. The molecular formula is C20H25N3O3. The second kappa shape index (κ2) is 7.50. The first-order chi connectivity index (χ1) is 12.7. The van der Waals surface area contributed by atoms with Gasteiger partial charge < -0.3 is 14.4 Å². The highest BCUT2D eigenvalue weighted by atomic mass is 16.5. The van der Waals surface area contributed by atoms with Crippen molar-refractivity contribution in [2.45, 2.75) is 38.2 Å². The van der Waals surface area contributed by atoms with E-state index in [1.807, 2.05) is 29.2 Å². The standard InChI is InChI=1S/C20H25N3O3/c1-25-16-4-2-3-14(11-16)5-6-19(24)23-9-7-15(12-23)20-17-13-26-10-8-18(17)21-22-20/h2-4,11,15H,5-10,12-13H2,1H3,(H,21,22). The van der Waals surface area contributed by atoms with E-state index in [0.29, 0.717) is 18.9 Å². The van der Waals surface area contributed by atoms with Crippen LogP contribution in [0.5, 0.6) is 5.75 Å². The van der Waals surface area contributed by atoms with Crippen LogP contribution in [0, 0.1) is 0 Å². The molecule has 1 atom stereocenters. The number of aryl methyl sites for hydroxylation is 1. The molecule has 0 spiro atoms. The van der Waals surface area contributed by atoms with Gasteiger partial charge >= 0.3 is 0 Å². The number of fused-ring (bicyclic) bond motifs is 1. The van der Waals surface area contributed by atoms with Crippen LogP contribution >= 0.6 is 0 Å². The van der Waals surface area contributed by atoms with E-state index in [-0.39, 0.29) is 5.91 Å². The summed E-state index contributed by atoms with van der Waals surface area (Å²) in [5.74, 6) is 1.37. The van der Waals surface area contributed by atoms with E-state index < -0.39 is 0 Å². The summed E-state index contributed by atoms with van der Waals surface area (Å²) >= 11 is 0. The molecule has 4 rings (SSSR count). The molecule has 1 saturated heterocycles. The third kappa shape index (κ3) is 3.46. The van der Waals surface area contributed by atoms with Crippen molar-refractivity contribution in [3.63, 3.8) is 0 Å². The Hall–Kier alpha value is -2.34. The highest BCUT2D eigenvalue weighted by Crippen LogP contribution is 2.31. The number of benzene rings is 1. The Morgan fingerprint density at radius 1 is 1.46 bits per heavy atom. The van der Waals surface area contributed by atoms with Crippen molar-refractivity contribution in [2.24, 2.45) is 0 Å². The van der Waals surface area contributed by atoms with Crippen LogP contribution in [0.4, 0.5) is 0 Å². The summed E-state index contributed by atoms with van der Waals surface area (Å²) in [5.41, 5.74) is 4.65. The van der Waals surface area contributed by atoms with Gasteiger partial charge in [0.1, 0.15) is 5.75 Å². The summed E-state index contributed by atoms with van der Waals surface area (Å²) in [6.07, 6.45) is 3.14. The number of amides is 1. The third-order valence-corrected chi connectivity index (χ3v) is 5.42. The Morgan fingerprint density at radius 3 is 3.27 bits per heavy atom. The molecule has 1 aromatic carbocycles. The van der Waals surface area contributed by atoms with E-state index in [1.165, 1.54) is 11.3 Å². The molecule has 0 bridgehead atoms. The highest BCUT2D eigenvalue weighted by molar-refractivity contribution is 5.77. The first-order valence-electron chi connectivity index (χ1n) is 9.29. The quantitative estimate of drug-likeness (QED) is 0.895. The van der Waals surface area contributed by atoms with Crippen LogP contribution in [-0.4, -0.2) is 47.8 Å². The molecule has 1 N–H and O–H groups in total. The van der Waals surface area contributed by atoms with Crippen molar-refractivity contribution in [1.29, 1.82) is 0 Å². The van der Waals surface area contributed by atoms with Crippen LogP contribution < -0.4 is 4.74 Å². The zero-order valence-corrected chi connectivity index (χ0v) is 15.2. The van der Waals surface area contributed by atoms with Crippen molar-refractivity contribution in [3.8, 4) is 5.75 Å². The van der Waals surface area contributed by atoms with Gasteiger partial charge in [0.2, 0.25) is 5.91 Å². The number of rotatable bonds is 5. The molecule has 1 amide bonds. The van der Waals surface area contributed by atoms with Crippen molar-refractivity contribution in [3.05, 3.63) is 46.8 Å². The number of hydrogen-bond donors (Lipinski definition) is 1. The van der Waals surface area contributed by atoms with Crippen LogP contribution in [0.3, 0.4) is 0 Å². The fraction of sp³-hybridized carbons (Fsp3) is 0.500. The molecule has 3 heterocycles. The molecule has 2 aromatic rings. The number of carbonyl (C=O) groups is 1. The van der Waals surface area contributed by atoms with Gasteiger partial charge in [-0.2, -0.15) is 5.10 Å². The number of aromatic nitrogens is 2. The molecule has 1 unspecified atom stereocenters. The van der Waals surface area contributed by atoms with Gasteiger partial charge in [0.05, 0.1) is 26.0 Å². The van der Waals surface area contributed by atoms with Crippen molar-refractivity contribution < 1.29 is 14.3 Å². The number of hydrogen-bond acceptors (Lipinski definition) is 4. The summed E-state index contributed by atoms with van der Waals surface area (Å²) < 4.78 is 10.8. The first-order valence-corrected chi connectivity index (χ1v) is 9.29. The smallest absolute Gasteiger partial charge is 0.222 e. The molecule has 2 aliphatic rings. The zero-order valence-electron chi connectivity index (χ0n) is 15.2. The maximum Gasteiger partial charge on any atom is 0.222 e. The summed E-state index contributed by atoms with van der Waals surface area (Å²) in [4.78, 5) is 14.6. The molecule has 1 fully saturated rings. The van der Waals surface area contributed by atoms with E-state index in [1.54, 1.807) is 7.11 Å². The zero-order chi connectivity index (χ0) is 17.9. The predicted octanol–water partition coefficient (Wildman–Crippen LogP) is 2.44. The first kappa shape index (κ1) is 17.1. The average molecular weight is 355 g/mol. The Kier molecular flexibility index (Phi) is 4.93. The molecule has 26 heavy (non-hydrogen) atoms. The van der Waals surface area contributed by atoms with Crippen molar-refractivity contribution in [2.75, 3.05) is 26.8 Å². The van der Waals surface area contributed by atoms with Gasteiger partial charge in [-0.25, -0.2) is 0 Å². The summed E-state index contributed by atoms with van der Waals surface area (Å²) in [5, 5.41) is 7.69. The number of likely N-dealkylation sites (tertiary alicyclic amines) is 1. The Morgan fingerprint density at radius 2 is 2.38 bits per heavy atom. The summed E-state index contributed by atoms with van der Waals surface area (Å²) in [7, 11) is 1.66. The van der Waals surface area contributed by atoms with Crippen molar-refractivity contribution in [1.82, 2.24) is 15.1 Å². The van der Waals surface area contributed by atoms with Gasteiger partial charge in [-0.15, -0.1) is 0 Å². The normalized spacial score (nSPS) is 19.4. The second-order valence-electron chi connectivity index (χ2n) is 7.05. The minimum Gasteiger partial charge on any atom is -0.497 e. The van der Waals surface area contributed by atoms with Gasteiger partial charge in [-0.05, 0) is 30.5 Å². The van der Waals surface area contributed by atoms with Crippen LogP contribution in [0.25, 0.3) is 0 Å². The average Bonchev–Trinajstić information content (AvgIpc) is 3.33. The molecule has 2 aliphatic heterocycles. The SMILES string of the molecule is COc1cccc(CCC(=O)N2CCC(c3n[nH]c4c3COCC4)C2)c1. The lowest BCUT2D eigenvalue weighted by Crippen LogP contribution is -2.28. The monoisotopic (exact) mass is 355 g/mol. The minimum absolute atomic E-state index is 0.218. The molecular weight excluding hydrogens is 330 g/mol. The molecule has 1 aromatic heterocycles. The van der Waals surface area contributed by atoms with E-state index in [4.69, 9.17) is 9.47 Å². The third-order valence-electron chi connectivity index (χ3n) is 5.42. The van der Waals surface area contributed by atoms with E-state index >= 15 is 0 Å². The number of nitrogens with zero attached hydrogens (tertiary/aromatic N) is 2. The van der Waals surface area contributed by atoms with Crippen LogP contribution in [0.15, 0.2) is 24.3 Å². The van der Waals surface area contributed by atoms with Gasteiger partial charge in [0.15, 0.2) is 0 Å². The summed E-state index contributed by atoms with van der Waals surface area (Å²) in [6, 6.07) is 7.92. The summed E-state index contributed by atoms with van der Waals surface area (Å²) in [6.45, 7) is 2.97. The van der Waals surface area contributed by atoms with E-state index in [0.717, 1.165) is 56.0 Å². The molecule has 0 saturated carbocycles. The van der Waals surface area contributed by atoms with Gasteiger partial charge in [-0.1, -0.05) is 12.1 Å². The number of aromatic amines is 1. The molecule has 6 heteroatoms. The molecule has 138 valence electrons. The number of carbonyl (C=O) groups excluding carboxylic acids is 1. The maximum absolute atomic E-state index is 12.6. The van der Waals surface area contributed by atoms with Crippen LogP contribution in [-0.2, 0) is 29.0 Å². The number of methoxy groups -OCH3 is 1. The fourth-order valence-corrected chi connectivity index (χ4v) is 3.92. The van der Waals surface area contributed by atoms with Gasteiger partial charge in [-0.3, -0.25) is 9.89 Å². The fourth-order valence-electron chi connectivity index (χ4n) is 3.92. The lowest BCUT2D eigenvalue weighted by molar-refractivity contribution is -0.130. The van der Waals surface area contributed by atoms with Crippen molar-refractivity contribution >= 4 is 5.91 Å². The minimum atomic E-state index is 0.218. The largest absolute Gasteiger partial charge is 0.497 e. The van der Waals surface area contributed by atoms with E-state index in [2.05, 4.69) is 10.2 Å². The predicted molar refractivity (Wildman–Crippen MR) is 97.2 cm³/mol. The number of nitrogens with one attached hydrogen (secondary N) is 1. The lowest BCUT2D eigenvalue weighted by Gasteiger charge is -2.17. The number of ether oxygens (including phenoxy) is 2. The maximum atomic E-state index is 12.6. The number of H-pyrrole nitrogens is 1. The Bertz CT molecular complexity index is 786. The van der Waals surface area contributed by atoms with Crippen LogP contribution in [0.2, 0.25) is 0 Å². The lowest BCUT2D eigenvalue weighted by atomic mass is 9.98. The van der Waals surface area contributed by atoms with Gasteiger partial charge in [0, 0.05) is 43.1 Å². The Labute approximate surface area is 153 Å². The van der Waals surface area contributed by atoms with Crippen LogP contribution in [0.1, 0.15) is 41.3 Å².